The van der Waals surface area contributed by atoms with Gasteiger partial charge >= 0.3 is 0 Å². The zero-order valence-corrected chi connectivity index (χ0v) is 22.5. The van der Waals surface area contributed by atoms with E-state index in [4.69, 9.17) is 5.73 Å². The highest BCUT2D eigenvalue weighted by Crippen LogP contribution is 2.16. The highest BCUT2D eigenvalue weighted by atomic mass is 32.2. The number of carbonyl (C=O) groups excluding carboxylic acids is 2. The third-order valence-corrected chi connectivity index (χ3v) is 8.11. The second-order valence-corrected chi connectivity index (χ2v) is 11.6. The number of pyridine rings is 1. The minimum atomic E-state index is -3.63. The average Bonchev–Trinajstić information content (AvgIpc) is 2.89. The fourth-order valence-electron chi connectivity index (χ4n) is 4.34. The molecule has 1 amide bonds. The maximum absolute atomic E-state index is 13.1. The predicted octanol–water partition coefficient (Wildman–Crippen LogP) is 2.57. The van der Waals surface area contributed by atoms with Gasteiger partial charge in [0.05, 0.1) is 24.0 Å². The van der Waals surface area contributed by atoms with Crippen LogP contribution in [0.15, 0.2) is 72.9 Å². The number of benzene rings is 2. The Morgan fingerprint density at radius 3 is 2.45 bits per heavy atom. The van der Waals surface area contributed by atoms with Gasteiger partial charge in [0.25, 0.3) is 0 Å². The lowest BCUT2D eigenvalue weighted by molar-refractivity contribution is -0.614. The summed E-state index contributed by atoms with van der Waals surface area (Å²) >= 11 is 0. The molecule has 38 heavy (non-hydrogen) atoms. The quantitative estimate of drug-likeness (QED) is 0.240. The summed E-state index contributed by atoms with van der Waals surface area (Å²) in [6, 6.07) is 19.7. The lowest BCUT2D eigenvalue weighted by Crippen LogP contribution is -2.39. The molecule has 0 saturated carbocycles. The van der Waals surface area contributed by atoms with Crippen molar-refractivity contribution in [2.45, 2.75) is 44.9 Å². The molecule has 0 bridgehead atoms. The molecule has 1 aromatic heterocycles. The van der Waals surface area contributed by atoms with E-state index in [1.165, 1.54) is 6.20 Å². The highest BCUT2D eigenvalue weighted by Gasteiger charge is 2.27. The summed E-state index contributed by atoms with van der Waals surface area (Å²) in [5.74, 6) is -2.15. The van der Waals surface area contributed by atoms with Crippen molar-refractivity contribution < 1.29 is 22.7 Å². The van der Waals surface area contributed by atoms with Crippen LogP contribution in [0.2, 0.25) is 0 Å². The SMILES string of the molecule is Cc1ccc(CN)c(CCC(=O)CNC(=O)[C@@H](CCc2cccc[n+]2[O-])CS(=O)(=O)Cc2ccccc2)c1. The number of sulfone groups is 1. The number of carbonyl (C=O) groups is 2. The third kappa shape index (κ3) is 9.08. The Hall–Kier alpha value is -3.56. The average molecular weight is 538 g/mol. The van der Waals surface area contributed by atoms with Crippen LogP contribution in [0.4, 0.5) is 0 Å². The van der Waals surface area contributed by atoms with Crippen LogP contribution in [0.1, 0.15) is 40.8 Å². The lowest BCUT2D eigenvalue weighted by Gasteiger charge is -2.17. The summed E-state index contributed by atoms with van der Waals surface area (Å²) in [6.07, 6.45) is 2.48. The molecular weight excluding hydrogens is 502 g/mol. The topological polar surface area (TPSA) is 133 Å². The normalized spacial score (nSPS) is 12.2. The molecule has 0 aliphatic rings. The van der Waals surface area contributed by atoms with Crippen LogP contribution in [0.25, 0.3) is 0 Å². The van der Waals surface area contributed by atoms with E-state index in [0.29, 0.717) is 29.0 Å². The van der Waals surface area contributed by atoms with Crippen molar-refractivity contribution in [2.24, 2.45) is 11.7 Å². The Morgan fingerprint density at radius 2 is 1.74 bits per heavy atom. The molecule has 0 saturated heterocycles. The minimum Gasteiger partial charge on any atom is -0.619 e. The van der Waals surface area contributed by atoms with Crippen LogP contribution in [-0.2, 0) is 44.6 Å². The third-order valence-electron chi connectivity index (χ3n) is 6.42. The Labute approximate surface area is 224 Å². The van der Waals surface area contributed by atoms with Gasteiger partial charge in [0, 0.05) is 31.5 Å². The Balaban J connectivity index is 1.63. The molecule has 0 spiro atoms. The number of nitrogens with two attached hydrogens (primary N) is 1. The molecular formula is C29H35N3O5S. The molecule has 202 valence electrons. The van der Waals surface area contributed by atoms with Crippen molar-refractivity contribution in [1.82, 2.24) is 5.32 Å². The first-order valence-electron chi connectivity index (χ1n) is 12.7. The van der Waals surface area contributed by atoms with Gasteiger partial charge in [-0.25, -0.2) is 8.42 Å². The summed E-state index contributed by atoms with van der Waals surface area (Å²) in [7, 11) is -3.63. The largest absolute Gasteiger partial charge is 0.619 e. The van der Waals surface area contributed by atoms with Gasteiger partial charge in [0.1, 0.15) is 0 Å². The molecule has 0 aliphatic heterocycles. The van der Waals surface area contributed by atoms with E-state index in [-0.39, 0.29) is 43.1 Å². The van der Waals surface area contributed by atoms with Crippen LogP contribution < -0.4 is 15.8 Å². The molecule has 1 atom stereocenters. The van der Waals surface area contributed by atoms with E-state index in [9.17, 15) is 23.2 Å². The van der Waals surface area contributed by atoms with Gasteiger partial charge < -0.3 is 16.3 Å². The number of aryl methyl sites for hydroxylation is 3. The van der Waals surface area contributed by atoms with Gasteiger partial charge in [-0.1, -0.05) is 60.2 Å². The molecule has 8 nitrogen and oxygen atoms in total. The molecule has 0 aliphatic carbocycles. The monoisotopic (exact) mass is 537 g/mol. The number of rotatable bonds is 14. The van der Waals surface area contributed by atoms with Gasteiger partial charge in [-0.05, 0) is 36.5 Å². The second kappa shape index (κ2) is 13.8. The number of ketones is 1. The minimum absolute atomic E-state index is 0.156. The van der Waals surface area contributed by atoms with Gasteiger partial charge in [-0.15, -0.1) is 0 Å². The van der Waals surface area contributed by atoms with Crippen molar-refractivity contribution in [3.63, 3.8) is 0 Å². The summed E-state index contributed by atoms with van der Waals surface area (Å²) in [5.41, 5.74) is 9.94. The summed E-state index contributed by atoms with van der Waals surface area (Å²) in [4.78, 5) is 25.6. The first-order chi connectivity index (χ1) is 18.2. The van der Waals surface area contributed by atoms with E-state index in [2.05, 4.69) is 5.32 Å². The Bertz CT molecular complexity index is 1340. The molecule has 3 N–H and O–H groups in total. The van der Waals surface area contributed by atoms with Crippen molar-refractivity contribution in [2.75, 3.05) is 12.3 Å². The first-order valence-corrected chi connectivity index (χ1v) is 14.5. The first kappa shape index (κ1) is 29.0. The second-order valence-electron chi connectivity index (χ2n) is 9.53. The number of amides is 1. The standard InChI is InChI=1S/C29H35N3O5S/c1-22-10-11-25(18-30)24(17-22)13-15-28(33)19-31-29(34)26(12-14-27-9-5-6-16-32(27)35)21-38(36,37)20-23-7-3-2-4-8-23/h2-11,16-17,26H,12-15,18-21,30H2,1H3,(H,31,34)/t26-/m0/s1. The molecule has 9 heteroatoms. The van der Waals surface area contributed by atoms with E-state index >= 15 is 0 Å². The van der Waals surface area contributed by atoms with E-state index in [0.717, 1.165) is 16.7 Å². The molecule has 0 unspecified atom stereocenters. The Kier molecular flexibility index (Phi) is 10.6. The number of nitrogens with one attached hydrogen (secondary N) is 1. The van der Waals surface area contributed by atoms with Gasteiger partial charge in [0.15, 0.2) is 27.5 Å². The number of Topliss-reactive ketones (excluding diaryl/α,β-unsaturated/α-hetero) is 1. The van der Waals surface area contributed by atoms with Crippen LogP contribution in [-0.4, -0.2) is 32.4 Å². The molecule has 0 radical (unpaired) electrons. The summed E-state index contributed by atoms with van der Waals surface area (Å²) in [6.45, 7) is 2.16. The van der Waals surface area contributed by atoms with Crippen LogP contribution >= 0.6 is 0 Å². The van der Waals surface area contributed by atoms with E-state index in [1.54, 1.807) is 48.5 Å². The summed E-state index contributed by atoms with van der Waals surface area (Å²) < 4.78 is 26.6. The van der Waals surface area contributed by atoms with Gasteiger partial charge in [0.2, 0.25) is 5.91 Å². The molecule has 1 heterocycles. The van der Waals surface area contributed by atoms with Crippen molar-refractivity contribution >= 4 is 21.5 Å². The number of nitrogens with zero attached hydrogens (tertiary/aromatic N) is 1. The number of aromatic nitrogens is 1. The lowest BCUT2D eigenvalue weighted by atomic mass is 9.99. The highest BCUT2D eigenvalue weighted by molar-refractivity contribution is 7.90. The van der Waals surface area contributed by atoms with E-state index < -0.39 is 21.7 Å². The fourth-order valence-corrected chi connectivity index (χ4v) is 6.09. The summed E-state index contributed by atoms with van der Waals surface area (Å²) in [5, 5.41) is 14.7. The van der Waals surface area contributed by atoms with E-state index in [1.807, 2.05) is 25.1 Å². The number of hydrogen-bond donors (Lipinski definition) is 2. The molecule has 0 fully saturated rings. The van der Waals surface area contributed by atoms with Crippen LogP contribution in [0.5, 0.6) is 0 Å². The molecule has 3 rings (SSSR count). The smallest absolute Gasteiger partial charge is 0.224 e. The van der Waals surface area contributed by atoms with Crippen molar-refractivity contribution in [1.29, 1.82) is 0 Å². The van der Waals surface area contributed by atoms with Crippen LogP contribution in [0.3, 0.4) is 0 Å². The van der Waals surface area contributed by atoms with Gasteiger partial charge in [-0.3, -0.25) is 9.59 Å². The van der Waals surface area contributed by atoms with Crippen molar-refractivity contribution in [3.05, 3.63) is 106 Å². The van der Waals surface area contributed by atoms with Gasteiger partial charge in [-0.2, -0.15) is 4.73 Å². The maximum atomic E-state index is 13.1. The zero-order chi connectivity index (χ0) is 27.5. The number of hydrogen-bond acceptors (Lipinski definition) is 6. The van der Waals surface area contributed by atoms with Crippen LogP contribution in [0, 0.1) is 18.0 Å². The molecule has 2 aromatic carbocycles. The zero-order valence-electron chi connectivity index (χ0n) is 21.6. The van der Waals surface area contributed by atoms with Crippen molar-refractivity contribution in [3.8, 4) is 0 Å². The predicted molar refractivity (Wildman–Crippen MR) is 147 cm³/mol. The molecule has 3 aromatic rings. The Morgan fingerprint density at radius 1 is 1.00 bits per heavy atom. The maximum Gasteiger partial charge on any atom is 0.224 e. The fraction of sp³-hybridized carbons (Fsp3) is 0.345.